The fraction of sp³-hybridized carbons (Fsp3) is 0.214. The SMILES string of the molecule is CNC(=O)NC(=O)[C@@H](C)OC(=O)/C=C/c1cccc([N+](=O)[O-])c1. The van der Waals surface area contributed by atoms with Gasteiger partial charge in [-0.2, -0.15) is 0 Å². The molecule has 0 saturated carbocycles. The van der Waals surface area contributed by atoms with Crippen molar-refractivity contribution < 1.29 is 24.0 Å². The van der Waals surface area contributed by atoms with Crippen LogP contribution in [0, 0.1) is 10.1 Å². The molecule has 23 heavy (non-hydrogen) atoms. The second-order valence-electron chi connectivity index (χ2n) is 4.33. The van der Waals surface area contributed by atoms with E-state index in [2.05, 4.69) is 5.32 Å². The zero-order chi connectivity index (χ0) is 17.4. The maximum Gasteiger partial charge on any atom is 0.331 e. The molecule has 1 rings (SSSR count). The van der Waals surface area contributed by atoms with E-state index < -0.39 is 28.9 Å². The fourth-order valence-corrected chi connectivity index (χ4v) is 1.45. The van der Waals surface area contributed by atoms with Gasteiger partial charge in [0.2, 0.25) is 0 Å². The summed E-state index contributed by atoms with van der Waals surface area (Å²) in [6.45, 7) is 1.30. The molecular formula is C14H15N3O6. The third-order valence-electron chi connectivity index (χ3n) is 2.62. The Labute approximate surface area is 131 Å². The highest BCUT2D eigenvalue weighted by Gasteiger charge is 2.18. The van der Waals surface area contributed by atoms with Crippen molar-refractivity contribution >= 4 is 29.7 Å². The Morgan fingerprint density at radius 2 is 2.04 bits per heavy atom. The lowest BCUT2D eigenvalue weighted by Gasteiger charge is -2.11. The number of nitrogens with one attached hydrogen (secondary N) is 2. The van der Waals surface area contributed by atoms with E-state index in [1.54, 1.807) is 6.07 Å². The number of esters is 1. The average molecular weight is 321 g/mol. The van der Waals surface area contributed by atoms with Crippen molar-refractivity contribution in [2.45, 2.75) is 13.0 Å². The van der Waals surface area contributed by atoms with Gasteiger partial charge in [-0.3, -0.25) is 20.2 Å². The summed E-state index contributed by atoms with van der Waals surface area (Å²) >= 11 is 0. The zero-order valence-electron chi connectivity index (χ0n) is 12.4. The van der Waals surface area contributed by atoms with Gasteiger partial charge in [0.05, 0.1) is 4.92 Å². The van der Waals surface area contributed by atoms with Crippen LogP contribution in [0.3, 0.4) is 0 Å². The molecule has 0 unspecified atom stereocenters. The maximum atomic E-state index is 11.6. The molecule has 0 spiro atoms. The quantitative estimate of drug-likeness (QED) is 0.360. The first-order chi connectivity index (χ1) is 10.8. The number of carbonyl (C=O) groups is 3. The molecule has 1 aromatic rings. The largest absolute Gasteiger partial charge is 0.449 e. The summed E-state index contributed by atoms with van der Waals surface area (Å²) in [7, 11) is 1.33. The number of nitro benzene ring substituents is 1. The normalized spacial score (nSPS) is 11.6. The molecule has 122 valence electrons. The number of carbonyl (C=O) groups excluding carboxylic acids is 3. The van der Waals surface area contributed by atoms with E-state index >= 15 is 0 Å². The number of urea groups is 1. The molecule has 1 atom stereocenters. The van der Waals surface area contributed by atoms with Gasteiger partial charge in [0.1, 0.15) is 0 Å². The average Bonchev–Trinajstić information content (AvgIpc) is 2.52. The van der Waals surface area contributed by atoms with Crippen LogP contribution in [0.25, 0.3) is 6.08 Å². The summed E-state index contributed by atoms with van der Waals surface area (Å²) in [5.41, 5.74) is 0.317. The molecule has 0 bridgehead atoms. The van der Waals surface area contributed by atoms with Crippen molar-refractivity contribution in [3.05, 3.63) is 46.0 Å². The van der Waals surface area contributed by atoms with Gasteiger partial charge in [-0.1, -0.05) is 12.1 Å². The van der Waals surface area contributed by atoms with Crippen LogP contribution in [-0.4, -0.2) is 36.0 Å². The molecule has 0 aliphatic carbocycles. The van der Waals surface area contributed by atoms with Crippen LogP contribution in [0.1, 0.15) is 12.5 Å². The van der Waals surface area contributed by atoms with E-state index in [1.165, 1.54) is 38.2 Å². The summed E-state index contributed by atoms with van der Waals surface area (Å²) in [6.07, 6.45) is 1.18. The van der Waals surface area contributed by atoms with Gasteiger partial charge >= 0.3 is 12.0 Å². The van der Waals surface area contributed by atoms with E-state index in [0.29, 0.717) is 5.56 Å². The fourth-order valence-electron chi connectivity index (χ4n) is 1.45. The lowest BCUT2D eigenvalue weighted by molar-refractivity contribution is -0.384. The standard InChI is InChI=1S/C14H15N3O6/c1-9(13(19)16-14(20)15-2)23-12(18)7-6-10-4-3-5-11(8-10)17(21)22/h3-9H,1-2H3,(H2,15,16,19,20)/b7-6+/t9-/m1/s1. The van der Waals surface area contributed by atoms with Crippen LogP contribution in [-0.2, 0) is 14.3 Å². The highest BCUT2D eigenvalue weighted by atomic mass is 16.6. The van der Waals surface area contributed by atoms with Crippen LogP contribution in [0.4, 0.5) is 10.5 Å². The first kappa shape index (κ1) is 17.8. The topological polar surface area (TPSA) is 128 Å². The van der Waals surface area contributed by atoms with Crippen molar-refractivity contribution in [3.63, 3.8) is 0 Å². The third kappa shape index (κ3) is 5.96. The number of nitrogens with zero attached hydrogens (tertiary/aromatic N) is 1. The van der Waals surface area contributed by atoms with Crippen molar-refractivity contribution in [2.24, 2.45) is 0 Å². The number of amides is 3. The number of ether oxygens (including phenoxy) is 1. The Kier molecular flexibility index (Phi) is 6.41. The Bertz CT molecular complexity index is 656. The number of rotatable bonds is 5. The molecule has 0 aromatic heterocycles. The van der Waals surface area contributed by atoms with Gasteiger partial charge in [-0.25, -0.2) is 9.59 Å². The predicted octanol–water partition coefficient (Wildman–Crippen LogP) is 0.995. The molecule has 0 aliphatic rings. The minimum atomic E-state index is -1.17. The van der Waals surface area contributed by atoms with Crippen LogP contribution in [0.5, 0.6) is 0 Å². The Balaban J connectivity index is 2.62. The lowest BCUT2D eigenvalue weighted by Crippen LogP contribution is -2.43. The number of imide groups is 1. The van der Waals surface area contributed by atoms with Crippen LogP contribution >= 0.6 is 0 Å². The number of nitro groups is 1. The van der Waals surface area contributed by atoms with Crippen LogP contribution < -0.4 is 10.6 Å². The summed E-state index contributed by atoms with van der Waals surface area (Å²) in [5, 5.41) is 14.8. The number of hydrogen-bond acceptors (Lipinski definition) is 6. The van der Waals surface area contributed by atoms with E-state index in [9.17, 15) is 24.5 Å². The number of non-ortho nitro benzene ring substituents is 1. The van der Waals surface area contributed by atoms with Gasteiger partial charge in [0.25, 0.3) is 11.6 Å². The summed E-state index contributed by atoms with van der Waals surface area (Å²) in [5.74, 6) is -1.60. The lowest BCUT2D eigenvalue weighted by atomic mass is 10.2. The predicted molar refractivity (Wildman–Crippen MR) is 80.3 cm³/mol. The Hall–Kier alpha value is -3.23. The molecule has 9 nitrogen and oxygen atoms in total. The van der Waals surface area contributed by atoms with Gasteiger partial charge in [-0.05, 0) is 18.6 Å². The van der Waals surface area contributed by atoms with Gasteiger partial charge in [0, 0.05) is 25.3 Å². The first-order valence-corrected chi connectivity index (χ1v) is 6.49. The summed E-state index contributed by atoms with van der Waals surface area (Å²) < 4.78 is 4.81. The highest BCUT2D eigenvalue weighted by Crippen LogP contribution is 2.14. The molecule has 0 fully saturated rings. The maximum absolute atomic E-state index is 11.6. The summed E-state index contributed by atoms with van der Waals surface area (Å²) in [4.78, 5) is 44.1. The molecular weight excluding hydrogens is 306 g/mol. The molecule has 0 aliphatic heterocycles. The van der Waals surface area contributed by atoms with Crippen molar-refractivity contribution in [2.75, 3.05) is 7.05 Å². The molecule has 0 radical (unpaired) electrons. The molecule has 3 amide bonds. The number of benzene rings is 1. The molecule has 9 heteroatoms. The minimum Gasteiger partial charge on any atom is -0.449 e. The molecule has 2 N–H and O–H groups in total. The van der Waals surface area contributed by atoms with E-state index in [4.69, 9.17) is 4.74 Å². The van der Waals surface area contributed by atoms with E-state index in [0.717, 1.165) is 6.08 Å². The summed E-state index contributed by atoms with van der Waals surface area (Å²) in [6, 6.07) is 4.93. The smallest absolute Gasteiger partial charge is 0.331 e. The zero-order valence-corrected chi connectivity index (χ0v) is 12.4. The number of hydrogen-bond donors (Lipinski definition) is 2. The van der Waals surface area contributed by atoms with Crippen molar-refractivity contribution in [1.29, 1.82) is 0 Å². The van der Waals surface area contributed by atoms with Crippen LogP contribution in [0.2, 0.25) is 0 Å². The van der Waals surface area contributed by atoms with E-state index in [-0.39, 0.29) is 5.69 Å². The van der Waals surface area contributed by atoms with Crippen molar-refractivity contribution in [1.82, 2.24) is 10.6 Å². The van der Waals surface area contributed by atoms with Gasteiger partial charge in [-0.15, -0.1) is 0 Å². The van der Waals surface area contributed by atoms with Crippen LogP contribution in [0.15, 0.2) is 30.3 Å². The minimum absolute atomic E-state index is 0.112. The van der Waals surface area contributed by atoms with Gasteiger partial charge in [0.15, 0.2) is 6.10 Å². The van der Waals surface area contributed by atoms with E-state index in [1.807, 2.05) is 5.32 Å². The monoisotopic (exact) mass is 321 g/mol. The van der Waals surface area contributed by atoms with Gasteiger partial charge < -0.3 is 10.1 Å². The second-order valence-corrected chi connectivity index (χ2v) is 4.33. The highest BCUT2D eigenvalue weighted by molar-refractivity contribution is 5.97. The molecule has 0 saturated heterocycles. The second kappa shape index (κ2) is 8.27. The molecule has 0 heterocycles. The Morgan fingerprint density at radius 1 is 1.35 bits per heavy atom. The Morgan fingerprint density at radius 3 is 2.65 bits per heavy atom. The van der Waals surface area contributed by atoms with Crippen molar-refractivity contribution in [3.8, 4) is 0 Å². The first-order valence-electron chi connectivity index (χ1n) is 6.49. The third-order valence-corrected chi connectivity index (χ3v) is 2.62. The molecule has 1 aromatic carbocycles.